The van der Waals surface area contributed by atoms with E-state index in [9.17, 15) is 0 Å². The lowest BCUT2D eigenvalue weighted by Gasteiger charge is -2.19. The molecule has 34 heavy (non-hydrogen) atoms. The number of aryl methyl sites for hydroxylation is 2. The summed E-state index contributed by atoms with van der Waals surface area (Å²) in [6, 6.07) is 28.3. The Morgan fingerprint density at radius 2 is 1.38 bits per heavy atom. The number of pyridine rings is 2. The standard InChI is InChI=1S/C32H30N2/c1-21-11-12-26(22(2)18-21)29-14-13-27(28-10-7-16-34-31(28)29)23-8-6-9-24(19-23)30-20-25(15-17-33-30)32(3,4)5/h6-20H,1-5H3. The van der Waals surface area contributed by atoms with Crippen molar-refractivity contribution in [1.29, 1.82) is 0 Å². The molecule has 2 aromatic heterocycles. The summed E-state index contributed by atoms with van der Waals surface area (Å²) in [6.45, 7) is 11.0. The Labute approximate surface area is 202 Å². The third kappa shape index (κ3) is 4.12. The fourth-order valence-corrected chi connectivity index (χ4v) is 4.66. The Morgan fingerprint density at radius 3 is 2.18 bits per heavy atom. The number of fused-ring (bicyclic) bond motifs is 1. The predicted molar refractivity (Wildman–Crippen MR) is 144 cm³/mol. The molecule has 2 heteroatoms. The van der Waals surface area contributed by atoms with Gasteiger partial charge < -0.3 is 0 Å². The lowest BCUT2D eigenvalue weighted by Crippen LogP contribution is -2.11. The smallest absolute Gasteiger partial charge is 0.0786 e. The largest absolute Gasteiger partial charge is 0.256 e. The highest BCUT2D eigenvalue weighted by molar-refractivity contribution is 6.03. The first-order valence-corrected chi connectivity index (χ1v) is 11.8. The molecule has 0 unspecified atom stereocenters. The van der Waals surface area contributed by atoms with E-state index in [0.717, 1.165) is 22.2 Å². The molecule has 0 amide bonds. The highest BCUT2D eigenvalue weighted by Crippen LogP contribution is 2.37. The zero-order valence-corrected chi connectivity index (χ0v) is 20.6. The summed E-state index contributed by atoms with van der Waals surface area (Å²) in [5.74, 6) is 0. The van der Waals surface area contributed by atoms with Gasteiger partial charge in [0.15, 0.2) is 0 Å². The molecule has 3 aromatic carbocycles. The minimum atomic E-state index is 0.0844. The van der Waals surface area contributed by atoms with E-state index < -0.39 is 0 Å². The predicted octanol–water partition coefficient (Wildman–Crippen LogP) is 8.55. The van der Waals surface area contributed by atoms with E-state index in [4.69, 9.17) is 4.98 Å². The van der Waals surface area contributed by atoms with Gasteiger partial charge in [-0.1, -0.05) is 80.9 Å². The lowest BCUT2D eigenvalue weighted by atomic mass is 9.86. The summed E-state index contributed by atoms with van der Waals surface area (Å²) in [5, 5.41) is 1.16. The van der Waals surface area contributed by atoms with E-state index in [1.165, 1.54) is 38.9 Å². The van der Waals surface area contributed by atoms with Gasteiger partial charge in [0, 0.05) is 28.9 Å². The Morgan fingerprint density at radius 1 is 0.618 bits per heavy atom. The van der Waals surface area contributed by atoms with Crippen molar-refractivity contribution in [2.45, 2.75) is 40.0 Å². The Balaban J connectivity index is 1.64. The molecule has 0 aliphatic carbocycles. The molecule has 0 aliphatic heterocycles. The number of hydrogen-bond acceptors (Lipinski definition) is 2. The van der Waals surface area contributed by atoms with Gasteiger partial charge in [-0.15, -0.1) is 0 Å². The van der Waals surface area contributed by atoms with Crippen molar-refractivity contribution in [3.63, 3.8) is 0 Å². The quantitative estimate of drug-likeness (QED) is 0.280. The van der Waals surface area contributed by atoms with E-state index in [0.29, 0.717) is 0 Å². The van der Waals surface area contributed by atoms with Crippen LogP contribution in [0.3, 0.4) is 0 Å². The van der Waals surface area contributed by atoms with Crippen molar-refractivity contribution in [1.82, 2.24) is 9.97 Å². The van der Waals surface area contributed by atoms with Gasteiger partial charge in [0.2, 0.25) is 0 Å². The molecule has 168 valence electrons. The molecular formula is C32H30N2. The summed E-state index contributed by atoms with van der Waals surface area (Å²) < 4.78 is 0. The second kappa shape index (κ2) is 8.53. The monoisotopic (exact) mass is 442 g/mol. The second-order valence-corrected chi connectivity index (χ2v) is 10.1. The molecule has 0 N–H and O–H groups in total. The third-order valence-electron chi connectivity index (χ3n) is 6.54. The average molecular weight is 443 g/mol. The molecular weight excluding hydrogens is 412 g/mol. The normalized spacial score (nSPS) is 11.7. The third-order valence-corrected chi connectivity index (χ3v) is 6.54. The molecule has 0 aliphatic rings. The zero-order chi connectivity index (χ0) is 23.9. The first-order chi connectivity index (χ1) is 16.3. The van der Waals surface area contributed by atoms with Gasteiger partial charge >= 0.3 is 0 Å². The molecule has 0 spiro atoms. The van der Waals surface area contributed by atoms with Crippen LogP contribution in [0.5, 0.6) is 0 Å². The summed E-state index contributed by atoms with van der Waals surface area (Å²) in [7, 11) is 0. The van der Waals surface area contributed by atoms with Crippen LogP contribution in [-0.4, -0.2) is 9.97 Å². The van der Waals surface area contributed by atoms with Crippen LogP contribution in [0.4, 0.5) is 0 Å². The van der Waals surface area contributed by atoms with Crippen molar-refractivity contribution in [2.24, 2.45) is 0 Å². The summed E-state index contributed by atoms with van der Waals surface area (Å²) in [4.78, 5) is 9.49. The topological polar surface area (TPSA) is 25.8 Å². The van der Waals surface area contributed by atoms with E-state index in [1.807, 2.05) is 18.5 Å². The first-order valence-electron chi connectivity index (χ1n) is 11.8. The van der Waals surface area contributed by atoms with Crippen molar-refractivity contribution >= 4 is 10.9 Å². The molecule has 0 atom stereocenters. The van der Waals surface area contributed by atoms with Crippen LogP contribution in [0.1, 0.15) is 37.5 Å². The van der Waals surface area contributed by atoms with Gasteiger partial charge in [-0.3, -0.25) is 9.97 Å². The molecule has 0 fully saturated rings. The molecule has 5 rings (SSSR count). The summed E-state index contributed by atoms with van der Waals surface area (Å²) >= 11 is 0. The van der Waals surface area contributed by atoms with E-state index in [-0.39, 0.29) is 5.41 Å². The van der Waals surface area contributed by atoms with Gasteiger partial charge in [0.05, 0.1) is 11.2 Å². The number of aromatic nitrogens is 2. The van der Waals surface area contributed by atoms with Gasteiger partial charge in [0.25, 0.3) is 0 Å². The van der Waals surface area contributed by atoms with Crippen molar-refractivity contribution in [3.05, 3.63) is 108 Å². The highest BCUT2D eigenvalue weighted by atomic mass is 14.7. The number of hydrogen-bond donors (Lipinski definition) is 0. The van der Waals surface area contributed by atoms with Gasteiger partial charge in [0.1, 0.15) is 0 Å². The molecule has 2 heterocycles. The Bertz CT molecular complexity index is 1510. The van der Waals surface area contributed by atoms with Crippen LogP contribution in [0, 0.1) is 13.8 Å². The van der Waals surface area contributed by atoms with Crippen molar-refractivity contribution in [2.75, 3.05) is 0 Å². The maximum absolute atomic E-state index is 4.81. The highest BCUT2D eigenvalue weighted by Gasteiger charge is 2.16. The SMILES string of the molecule is Cc1ccc(-c2ccc(-c3cccc(-c4cc(C(C)(C)C)ccn4)c3)c3cccnc23)c(C)c1. The fourth-order valence-electron chi connectivity index (χ4n) is 4.66. The first kappa shape index (κ1) is 22.0. The molecule has 0 saturated carbocycles. The lowest BCUT2D eigenvalue weighted by molar-refractivity contribution is 0.589. The van der Waals surface area contributed by atoms with Crippen molar-refractivity contribution in [3.8, 4) is 33.5 Å². The number of rotatable bonds is 3. The second-order valence-electron chi connectivity index (χ2n) is 10.1. The van der Waals surface area contributed by atoms with Gasteiger partial charge in [-0.25, -0.2) is 0 Å². The molecule has 0 bridgehead atoms. The summed E-state index contributed by atoms with van der Waals surface area (Å²) in [6.07, 6.45) is 3.80. The van der Waals surface area contributed by atoms with Crippen LogP contribution in [0.2, 0.25) is 0 Å². The maximum atomic E-state index is 4.81. The fraction of sp³-hybridized carbons (Fsp3) is 0.188. The molecule has 0 saturated heterocycles. The van der Waals surface area contributed by atoms with E-state index in [2.05, 4.69) is 112 Å². The van der Waals surface area contributed by atoms with Crippen LogP contribution >= 0.6 is 0 Å². The minimum absolute atomic E-state index is 0.0844. The van der Waals surface area contributed by atoms with Gasteiger partial charge in [-0.2, -0.15) is 0 Å². The van der Waals surface area contributed by atoms with Crippen LogP contribution < -0.4 is 0 Å². The maximum Gasteiger partial charge on any atom is 0.0786 e. The summed E-state index contributed by atoms with van der Waals surface area (Å²) in [5.41, 5.74) is 11.8. The molecule has 5 aromatic rings. The Hall–Kier alpha value is -3.78. The average Bonchev–Trinajstić information content (AvgIpc) is 2.83. The number of benzene rings is 3. The van der Waals surface area contributed by atoms with Crippen LogP contribution in [0.15, 0.2) is 91.3 Å². The van der Waals surface area contributed by atoms with Crippen molar-refractivity contribution < 1.29 is 0 Å². The van der Waals surface area contributed by atoms with Crippen LogP contribution in [-0.2, 0) is 5.41 Å². The zero-order valence-electron chi connectivity index (χ0n) is 20.6. The van der Waals surface area contributed by atoms with Gasteiger partial charge in [-0.05, 0) is 71.3 Å². The molecule has 0 radical (unpaired) electrons. The number of nitrogens with zero attached hydrogens (tertiary/aromatic N) is 2. The van der Waals surface area contributed by atoms with E-state index in [1.54, 1.807) is 0 Å². The Kier molecular flexibility index (Phi) is 5.53. The van der Waals surface area contributed by atoms with E-state index >= 15 is 0 Å². The van der Waals surface area contributed by atoms with Crippen LogP contribution in [0.25, 0.3) is 44.4 Å². The minimum Gasteiger partial charge on any atom is -0.256 e. The molecule has 2 nitrogen and oxygen atoms in total.